The lowest BCUT2D eigenvalue weighted by Gasteiger charge is -2.48. The van der Waals surface area contributed by atoms with Crippen LogP contribution in [0.1, 0.15) is 36.6 Å². The Morgan fingerprint density at radius 2 is 1.97 bits per heavy atom. The smallest absolute Gasteiger partial charge is 0.388 e. The van der Waals surface area contributed by atoms with Crippen LogP contribution in [0.3, 0.4) is 0 Å². The maximum atomic E-state index is 13.4. The van der Waals surface area contributed by atoms with Crippen LogP contribution in [0.25, 0.3) is 0 Å². The summed E-state index contributed by atoms with van der Waals surface area (Å²) in [5.74, 6) is -1.03. The third-order valence-electron chi connectivity index (χ3n) is 5.12. The van der Waals surface area contributed by atoms with Crippen molar-refractivity contribution in [3.8, 4) is 5.88 Å². The second-order valence-corrected chi connectivity index (χ2v) is 9.20. The van der Waals surface area contributed by atoms with Crippen molar-refractivity contribution in [3.63, 3.8) is 0 Å². The van der Waals surface area contributed by atoms with Crippen molar-refractivity contribution in [2.24, 2.45) is 5.14 Å². The van der Waals surface area contributed by atoms with Crippen molar-refractivity contribution in [1.82, 2.24) is 14.3 Å². The van der Waals surface area contributed by atoms with Gasteiger partial charge in [-0.3, -0.25) is 9.78 Å². The lowest BCUT2D eigenvalue weighted by molar-refractivity contribution is -0.125. The predicted molar refractivity (Wildman–Crippen MR) is 109 cm³/mol. The molecule has 0 unspecified atom stereocenters. The lowest BCUT2D eigenvalue weighted by Crippen LogP contribution is -2.67. The number of aryl methyl sites for hydroxylation is 1. The number of nitrogens with two attached hydrogens (primary N) is 1. The molecule has 9 nitrogen and oxygen atoms in total. The summed E-state index contributed by atoms with van der Waals surface area (Å²) in [6.07, 6.45) is 3.13. The van der Waals surface area contributed by atoms with Gasteiger partial charge in [-0.25, -0.2) is 10.1 Å². The fourth-order valence-corrected chi connectivity index (χ4v) is 4.32. The van der Waals surface area contributed by atoms with E-state index < -0.39 is 34.0 Å². The molecule has 1 saturated heterocycles. The lowest BCUT2D eigenvalue weighted by atomic mass is 9.71. The molecule has 12 heteroatoms. The van der Waals surface area contributed by atoms with Crippen molar-refractivity contribution in [2.75, 3.05) is 18.4 Å². The number of hydrogen-bond acceptors (Lipinski definition) is 6. The number of carbonyl (C=O) groups is 1. The number of halogens is 2. The van der Waals surface area contributed by atoms with Gasteiger partial charge in [0.1, 0.15) is 11.1 Å². The number of pyridine rings is 2. The van der Waals surface area contributed by atoms with Crippen molar-refractivity contribution in [3.05, 3.63) is 47.4 Å². The van der Waals surface area contributed by atoms with Gasteiger partial charge in [0.2, 0.25) is 11.8 Å². The molecule has 0 aliphatic carbocycles. The van der Waals surface area contributed by atoms with Gasteiger partial charge in [0.15, 0.2) is 0 Å². The first-order chi connectivity index (χ1) is 14.4. The van der Waals surface area contributed by atoms with E-state index in [1.165, 1.54) is 18.3 Å². The van der Waals surface area contributed by atoms with E-state index >= 15 is 0 Å². The number of ether oxygens (including phenoxy) is 1. The molecular formula is C19H23F2N5O4S. The van der Waals surface area contributed by atoms with Crippen LogP contribution in [0.15, 0.2) is 30.6 Å². The summed E-state index contributed by atoms with van der Waals surface area (Å²) in [5.41, 5.74) is 0.430. The maximum absolute atomic E-state index is 13.4. The number of nitrogens with one attached hydrogen (secondary N) is 1. The Morgan fingerprint density at radius 3 is 2.55 bits per heavy atom. The van der Waals surface area contributed by atoms with Gasteiger partial charge in [-0.15, -0.1) is 0 Å². The highest BCUT2D eigenvalue weighted by molar-refractivity contribution is 7.86. The number of carbonyl (C=O) groups excluding carboxylic acids is 1. The van der Waals surface area contributed by atoms with E-state index in [-0.39, 0.29) is 24.7 Å². The third kappa shape index (κ3) is 4.65. The minimum absolute atomic E-state index is 0.00400. The van der Waals surface area contributed by atoms with Crippen LogP contribution in [0, 0.1) is 6.92 Å². The third-order valence-corrected chi connectivity index (χ3v) is 6.10. The number of rotatable bonds is 7. The fraction of sp³-hybridized carbons (Fsp3) is 0.421. The molecule has 0 atom stereocenters. The highest BCUT2D eigenvalue weighted by atomic mass is 32.2. The second-order valence-electron chi connectivity index (χ2n) is 7.65. The van der Waals surface area contributed by atoms with Crippen molar-refractivity contribution >= 4 is 21.8 Å². The molecule has 0 saturated carbocycles. The van der Waals surface area contributed by atoms with Gasteiger partial charge in [0.25, 0.3) is 10.2 Å². The Labute approximate surface area is 178 Å². The molecule has 3 rings (SSSR count). The number of aromatic nitrogens is 2. The standard InChI is InChI=1S/C19H23F2N5O4S/c1-11(2)13-8-23-7-6-14(13)19(9-26(10-19)31(22,28)29)17(27)25-15-5-4-12(3)24-16(15)30-18(20)21/h4-8,11,18H,9-10H2,1-3H3,(H,25,27)(H2,22,28,29). The topological polar surface area (TPSA) is 128 Å². The quantitative estimate of drug-likeness (QED) is 0.657. The molecule has 2 aromatic rings. The summed E-state index contributed by atoms with van der Waals surface area (Å²) in [6.45, 7) is 1.89. The molecule has 2 aromatic heterocycles. The van der Waals surface area contributed by atoms with E-state index in [9.17, 15) is 22.0 Å². The first kappa shape index (κ1) is 23.0. The summed E-state index contributed by atoms with van der Waals surface area (Å²) in [7, 11) is -4.01. The number of amides is 1. The molecule has 1 fully saturated rings. The van der Waals surface area contributed by atoms with E-state index in [1.54, 1.807) is 19.2 Å². The monoisotopic (exact) mass is 455 g/mol. The number of alkyl halides is 2. The van der Waals surface area contributed by atoms with Crippen LogP contribution in [0.5, 0.6) is 5.88 Å². The molecule has 0 aromatic carbocycles. The van der Waals surface area contributed by atoms with Crippen molar-refractivity contribution < 1.29 is 26.7 Å². The van der Waals surface area contributed by atoms with Crippen LogP contribution in [-0.4, -0.2) is 48.3 Å². The molecular weight excluding hydrogens is 432 g/mol. The van der Waals surface area contributed by atoms with E-state index in [4.69, 9.17) is 5.14 Å². The summed E-state index contributed by atoms with van der Waals surface area (Å²) in [5, 5.41) is 7.81. The zero-order valence-electron chi connectivity index (χ0n) is 17.2. The maximum Gasteiger partial charge on any atom is 0.388 e. The molecule has 168 valence electrons. The second kappa shape index (κ2) is 8.44. The highest BCUT2D eigenvalue weighted by Crippen LogP contribution is 2.41. The van der Waals surface area contributed by atoms with Gasteiger partial charge < -0.3 is 10.1 Å². The average molecular weight is 455 g/mol. The van der Waals surface area contributed by atoms with Crippen LogP contribution >= 0.6 is 0 Å². The van der Waals surface area contributed by atoms with Crippen LogP contribution < -0.4 is 15.2 Å². The largest absolute Gasteiger partial charge is 0.415 e. The normalized spacial score (nSPS) is 16.3. The molecule has 0 radical (unpaired) electrons. The molecule has 1 amide bonds. The predicted octanol–water partition coefficient (Wildman–Crippen LogP) is 1.91. The zero-order chi connectivity index (χ0) is 23.0. The number of nitrogens with zero attached hydrogens (tertiary/aromatic N) is 3. The van der Waals surface area contributed by atoms with Gasteiger partial charge in [-0.05, 0) is 42.2 Å². The number of anilines is 1. The molecule has 1 aliphatic heterocycles. The zero-order valence-corrected chi connectivity index (χ0v) is 18.0. The Balaban J connectivity index is 2.02. The first-order valence-corrected chi connectivity index (χ1v) is 10.9. The van der Waals surface area contributed by atoms with E-state index in [0.717, 1.165) is 9.87 Å². The molecule has 0 bridgehead atoms. The van der Waals surface area contributed by atoms with E-state index in [1.807, 2.05) is 13.8 Å². The highest BCUT2D eigenvalue weighted by Gasteiger charge is 2.55. The summed E-state index contributed by atoms with van der Waals surface area (Å²) in [6, 6.07) is 4.58. The van der Waals surface area contributed by atoms with Gasteiger partial charge in [-0.2, -0.15) is 21.5 Å². The van der Waals surface area contributed by atoms with Gasteiger partial charge in [-0.1, -0.05) is 13.8 Å². The Kier molecular flexibility index (Phi) is 6.25. The van der Waals surface area contributed by atoms with Crippen LogP contribution in [0.4, 0.5) is 14.5 Å². The number of hydrogen-bond donors (Lipinski definition) is 2. The van der Waals surface area contributed by atoms with Gasteiger partial charge >= 0.3 is 6.61 Å². The molecule has 3 heterocycles. The van der Waals surface area contributed by atoms with Crippen LogP contribution in [0.2, 0.25) is 0 Å². The molecule has 1 aliphatic rings. The minimum atomic E-state index is -4.01. The van der Waals surface area contributed by atoms with E-state index in [0.29, 0.717) is 11.3 Å². The first-order valence-electron chi connectivity index (χ1n) is 9.40. The molecule has 0 spiro atoms. The average Bonchev–Trinajstić information content (AvgIpc) is 2.62. The molecule has 3 N–H and O–H groups in total. The van der Waals surface area contributed by atoms with Crippen molar-refractivity contribution in [2.45, 2.75) is 38.7 Å². The Hall–Kier alpha value is -2.70. The minimum Gasteiger partial charge on any atom is -0.415 e. The van der Waals surface area contributed by atoms with Crippen LogP contribution in [-0.2, 0) is 20.4 Å². The SMILES string of the molecule is Cc1ccc(NC(=O)C2(c3ccncc3C(C)C)CN(S(N)(=O)=O)C2)c(OC(F)F)n1. The Bertz CT molecular complexity index is 1090. The summed E-state index contributed by atoms with van der Waals surface area (Å²) in [4.78, 5) is 21.4. The van der Waals surface area contributed by atoms with Gasteiger partial charge in [0, 0.05) is 31.2 Å². The van der Waals surface area contributed by atoms with Gasteiger partial charge in [0.05, 0.1) is 0 Å². The summed E-state index contributed by atoms with van der Waals surface area (Å²) >= 11 is 0. The van der Waals surface area contributed by atoms with E-state index in [2.05, 4.69) is 20.0 Å². The fourth-order valence-electron chi connectivity index (χ4n) is 3.52. The van der Waals surface area contributed by atoms with Crippen molar-refractivity contribution in [1.29, 1.82) is 0 Å². The molecule has 31 heavy (non-hydrogen) atoms. The Morgan fingerprint density at radius 1 is 1.29 bits per heavy atom. The summed E-state index contributed by atoms with van der Waals surface area (Å²) < 4.78 is 54.6.